The summed E-state index contributed by atoms with van der Waals surface area (Å²) >= 11 is 6.75. The molecule has 2 heterocycles. The summed E-state index contributed by atoms with van der Waals surface area (Å²) in [5, 5.41) is 6.46. The molecule has 2 rings (SSSR count). The number of anilines is 1. The number of pyridine rings is 1. The summed E-state index contributed by atoms with van der Waals surface area (Å²) in [6.45, 7) is 4.74. The van der Waals surface area contributed by atoms with Crippen LogP contribution in [0.2, 0.25) is 0 Å². The van der Waals surface area contributed by atoms with Gasteiger partial charge in [0.05, 0.1) is 10.6 Å². The Balaban J connectivity index is 2.03. The number of nitrogens with one attached hydrogen (secondary N) is 1. The van der Waals surface area contributed by atoms with Crippen LogP contribution in [0.5, 0.6) is 0 Å². The van der Waals surface area contributed by atoms with Crippen molar-refractivity contribution in [2.24, 2.45) is 5.73 Å². The van der Waals surface area contributed by atoms with Gasteiger partial charge in [0.2, 0.25) is 0 Å². The third kappa shape index (κ3) is 3.48. The Bertz CT molecular complexity index is 592. The van der Waals surface area contributed by atoms with Crippen LogP contribution >= 0.6 is 23.6 Å². The largest absolute Gasteiger partial charge is 0.389 e. The number of nitrogens with zero attached hydrogens (tertiary/aromatic N) is 2. The molecule has 0 spiro atoms. The molecule has 0 bridgehead atoms. The van der Waals surface area contributed by atoms with Crippen LogP contribution in [-0.2, 0) is 6.42 Å². The fourth-order valence-corrected chi connectivity index (χ4v) is 2.84. The number of aromatic nitrogens is 2. The minimum Gasteiger partial charge on any atom is -0.389 e. The average Bonchev–Trinajstić information content (AvgIpc) is 2.74. The van der Waals surface area contributed by atoms with Crippen molar-refractivity contribution in [2.75, 3.05) is 11.9 Å². The Morgan fingerprint density at radius 2 is 2.26 bits per heavy atom. The number of rotatable bonds is 5. The van der Waals surface area contributed by atoms with Gasteiger partial charge in [-0.3, -0.25) is 0 Å². The Labute approximate surface area is 122 Å². The van der Waals surface area contributed by atoms with E-state index in [1.807, 2.05) is 19.9 Å². The number of aryl methyl sites for hydroxylation is 2. The summed E-state index contributed by atoms with van der Waals surface area (Å²) in [5.41, 5.74) is 8.67. The van der Waals surface area contributed by atoms with Crippen molar-refractivity contribution >= 4 is 34.4 Å². The molecule has 6 heteroatoms. The van der Waals surface area contributed by atoms with E-state index in [1.165, 1.54) is 0 Å². The Hall–Kier alpha value is -1.53. The number of hydrogen-bond donors (Lipinski definition) is 2. The zero-order valence-corrected chi connectivity index (χ0v) is 12.6. The molecule has 0 atom stereocenters. The van der Waals surface area contributed by atoms with Crippen LogP contribution in [0.4, 0.5) is 5.82 Å². The van der Waals surface area contributed by atoms with E-state index in [-0.39, 0.29) is 0 Å². The van der Waals surface area contributed by atoms with E-state index in [0.29, 0.717) is 4.99 Å². The minimum atomic E-state index is 0.373. The number of nitrogens with two attached hydrogens (primary N) is 1. The fourth-order valence-electron chi connectivity index (χ4n) is 1.81. The molecule has 100 valence electrons. The lowest BCUT2D eigenvalue weighted by Crippen LogP contribution is -2.17. The van der Waals surface area contributed by atoms with Crippen LogP contribution in [0.25, 0.3) is 0 Å². The van der Waals surface area contributed by atoms with Crippen LogP contribution in [0.1, 0.15) is 21.8 Å². The molecule has 0 amide bonds. The van der Waals surface area contributed by atoms with Crippen LogP contribution in [-0.4, -0.2) is 21.5 Å². The van der Waals surface area contributed by atoms with E-state index in [1.54, 1.807) is 17.5 Å². The summed E-state index contributed by atoms with van der Waals surface area (Å²) in [7, 11) is 0. The lowest BCUT2D eigenvalue weighted by molar-refractivity contribution is 0.976. The maximum atomic E-state index is 5.74. The normalized spacial score (nSPS) is 10.4. The molecule has 4 nitrogen and oxygen atoms in total. The lowest BCUT2D eigenvalue weighted by Gasteiger charge is -2.11. The topological polar surface area (TPSA) is 63.8 Å². The van der Waals surface area contributed by atoms with Crippen LogP contribution in [0.15, 0.2) is 17.6 Å². The van der Waals surface area contributed by atoms with Crippen LogP contribution in [0.3, 0.4) is 0 Å². The molecule has 19 heavy (non-hydrogen) atoms. The molecule has 0 aliphatic rings. The van der Waals surface area contributed by atoms with Crippen molar-refractivity contribution in [1.29, 1.82) is 0 Å². The van der Waals surface area contributed by atoms with E-state index in [0.717, 1.165) is 40.6 Å². The molecule has 0 aliphatic carbocycles. The van der Waals surface area contributed by atoms with Gasteiger partial charge in [0.25, 0.3) is 0 Å². The minimum absolute atomic E-state index is 0.373. The monoisotopic (exact) mass is 292 g/mol. The first-order chi connectivity index (χ1) is 9.08. The first-order valence-corrected chi connectivity index (χ1v) is 7.27. The molecule has 0 fully saturated rings. The summed E-state index contributed by atoms with van der Waals surface area (Å²) in [4.78, 5) is 9.10. The molecule has 0 radical (unpaired) electrons. The smallest absolute Gasteiger partial charge is 0.136 e. The second-order valence-corrected chi connectivity index (χ2v) is 5.66. The lowest BCUT2D eigenvalue weighted by atomic mass is 10.1. The van der Waals surface area contributed by atoms with Crippen molar-refractivity contribution < 1.29 is 0 Å². The van der Waals surface area contributed by atoms with Gasteiger partial charge in [-0.25, -0.2) is 9.97 Å². The maximum absolute atomic E-state index is 5.74. The molecular weight excluding hydrogens is 276 g/mol. The first-order valence-electron chi connectivity index (χ1n) is 5.98. The number of hydrogen-bond acceptors (Lipinski definition) is 5. The molecule has 3 N–H and O–H groups in total. The average molecular weight is 292 g/mol. The highest BCUT2D eigenvalue weighted by atomic mass is 32.1. The predicted octanol–water partition coefficient (Wildman–Crippen LogP) is 2.44. The Morgan fingerprint density at radius 3 is 2.89 bits per heavy atom. The van der Waals surface area contributed by atoms with Crippen LogP contribution < -0.4 is 11.1 Å². The van der Waals surface area contributed by atoms with Crippen molar-refractivity contribution in [3.8, 4) is 0 Å². The molecular formula is C13H16N4S2. The quantitative estimate of drug-likeness (QED) is 0.829. The van der Waals surface area contributed by atoms with Crippen molar-refractivity contribution in [3.05, 3.63) is 39.5 Å². The van der Waals surface area contributed by atoms with Gasteiger partial charge in [0.15, 0.2) is 0 Å². The van der Waals surface area contributed by atoms with Gasteiger partial charge in [-0.15, -0.1) is 11.3 Å². The fraction of sp³-hybridized carbons (Fsp3) is 0.308. The summed E-state index contributed by atoms with van der Waals surface area (Å²) in [6, 6.07) is 1.91. The molecule has 0 saturated carbocycles. The second kappa shape index (κ2) is 6.08. The maximum Gasteiger partial charge on any atom is 0.136 e. The van der Waals surface area contributed by atoms with Gasteiger partial charge in [0, 0.05) is 30.2 Å². The van der Waals surface area contributed by atoms with E-state index in [4.69, 9.17) is 18.0 Å². The highest BCUT2D eigenvalue weighted by Gasteiger charge is 2.09. The number of thiazole rings is 1. The van der Waals surface area contributed by atoms with Crippen molar-refractivity contribution in [3.63, 3.8) is 0 Å². The van der Waals surface area contributed by atoms with E-state index in [2.05, 4.69) is 20.7 Å². The molecule has 0 saturated heterocycles. The molecule has 0 unspecified atom stereocenters. The van der Waals surface area contributed by atoms with Gasteiger partial charge in [-0.1, -0.05) is 12.2 Å². The molecule has 2 aromatic heterocycles. The van der Waals surface area contributed by atoms with Gasteiger partial charge in [-0.05, 0) is 25.5 Å². The summed E-state index contributed by atoms with van der Waals surface area (Å²) < 4.78 is 0. The Kier molecular flexibility index (Phi) is 4.44. The van der Waals surface area contributed by atoms with Crippen molar-refractivity contribution in [1.82, 2.24) is 9.97 Å². The van der Waals surface area contributed by atoms with Gasteiger partial charge >= 0.3 is 0 Å². The summed E-state index contributed by atoms with van der Waals surface area (Å²) in [6.07, 6.45) is 2.62. The van der Waals surface area contributed by atoms with Crippen molar-refractivity contribution in [2.45, 2.75) is 20.3 Å². The van der Waals surface area contributed by atoms with Gasteiger partial charge < -0.3 is 11.1 Å². The SMILES string of the molecule is Cc1csc(CCNc2nccc(C)c2C(N)=S)n1. The Morgan fingerprint density at radius 1 is 1.47 bits per heavy atom. The third-order valence-corrected chi connectivity index (χ3v) is 3.93. The van der Waals surface area contributed by atoms with Gasteiger partial charge in [0.1, 0.15) is 10.8 Å². The second-order valence-electron chi connectivity index (χ2n) is 4.28. The third-order valence-electron chi connectivity index (χ3n) is 2.70. The summed E-state index contributed by atoms with van der Waals surface area (Å²) in [5.74, 6) is 0.751. The number of thiocarbonyl (C=S) groups is 1. The van der Waals surface area contributed by atoms with E-state index >= 15 is 0 Å². The standard InChI is InChI=1S/C13H16N4S2/c1-8-3-5-15-13(11(8)12(14)18)16-6-4-10-17-9(2)7-19-10/h3,5,7H,4,6H2,1-2H3,(H2,14,18)(H,15,16). The molecule has 0 aliphatic heterocycles. The zero-order valence-electron chi connectivity index (χ0n) is 10.9. The highest BCUT2D eigenvalue weighted by Crippen LogP contribution is 2.17. The van der Waals surface area contributed by atoms with E-state index in [9.17, 15) is 0 Å². The molecule has 0 aromatic carbocycles. The van der Waals surface area contributed by atoms with Gasteiger partial charge in [-0.2, -0.15) is 0 Å². The van der Waals surface area contributed by atoms with E-state index < -0.39 is 0 Å². The zero-order chi connectivity index (χ0) is 13.8. The van der Waals surface area contributed by atoms with Crippen LogP contribution in [0, 0.1) is 13.8 Å². The molecule has 2 aromatic rings. The predicted molar refractivity (Wildman–Crippen MR) is 83.9 cm³/mol. The first kappa shape index (κ1) is 13.9. The highest BCUT2D eigenvalue weighted by molar-refractivity contribution is 7.80.